The molecule has 0 aliphatic heterocycles. The third-order valence-electron chi connectivity index (χ3n) is 1.65. The maximum absolute atomic E-state index is 11.6. The lowest BCUT2D eigenvalue weighted by atomic mass is 10.2. The summed E-state index contributed by atoms with van der Waals surface area (Å²) in [6.45, 7) is 0.279. The standard InChI is InChI=1S/C10H9ClN2O/c1-3-6-13(2)10(14)8-4-5-9(11)12-7-8/h1,4-5,7H,6H2,2H3. The molecule has 0 unspecified atom stereocenters. The monoisotopic (exact) mass is 208 g/mol. The molecule has 1 rings (SSSR count). The Morgan fingerprint density at radius 2 is 2.43 bits per heavy atom. The molecule has 3 nitrogen and oxygen atoms in total. The van der Waals surface area contributed by atoms with Crippen molar-refractivity contribution in [2.24, 2.45) is 0 Å². The Labute approximate surface area is 87.7 Å². The number of carbonyl (C=O) groups is 1. The fraction of sp³-hybridized carbons (Fsp3) is 0.200. The molecule has 0 radical (unpaired) electrons. The topological polar surface area (TPSA) is 33.2 Å². The fourth-order valence-electron chi connectivity index (χ4n) is 0.931. The van der Waals surface area contributed by atoms with Crippen molar-refractivity contribution in [3.8, 4) is 12.3 Å². The fourth-order valence-corrected chi connectivity index (χ4v) is 1.04. The van der Waals surface area contributed by atoms with Crippen LogP contribution in [0.15, 0.2) is 18.3 Å². The van der Waals surface area contributed by atoms with Crippen molar-refractivity contribution in [3.63, 3.8) is 0 Å². The molecule has 0 bridgehead atoms. The van der Waals surface area contributed by atoms with Gasteiger partial charge in [-0.2, -0.15) is 0 Å². The number of nitrogens with zero attached hydrogens (tertiary/aromatic N) is 2. The van der Waals surface area contributed by atoms with Crippen LogP contribution in [0.2, 0.25) is 5.15 Å². The Morgan fingerprint density at radius 1 is 1.71 bits per heavy atom. The summed E-state index contributed by atoms with van der Waals surface area (Å²) in [4.78, 5) is 16.8. The largest absolute Gasteiger partial charge is 0.331 e. The van der Waals surface area contributed by atoms with E-state index in [0.29, 0.717) is 10.7 Å². The number of hydrogen-bond acceptors (Lipinski definition) is 2. The van der Waals surface area contributed by atoms with Crippen molar-refractivity contribution in [1.82, 2.24) is 9.88 Å². The van der Waals surface area contributed by atoms with Gasteiger partial charge in [0, 0.05) is 13.2 Å². The van der Waals surface area contributed by atoms with Gasteiger partial charge in [0.15, 0.2) is 0 Å². The number of aromatic nitrogens is 1. The molecular formula is C10H9ClN2O. The van der Waals surface area contributed by atoms with Crippen molar-refractivity contribution in [1.29, 1.82) is 0 Å². The highest BCUT2D eigenvalue weighted by molar-refractivity contribution is 6.29. The molecule has 14 heavy (non-hydrogen) atoms. The molecule has 0 saturated carbocycles. The molecule has 1 amide bonds. The lowest BCUT2D eigenvalue weighted by molar-refractivity contribution is 0.0812. The van der Waals surface area contributed by atoms with Crippen molar-refractivity contribution < 1.29 is 4.79 Å². The molecule has 1 aromatic heterocycles. The van der Waals surface area contributed by atoms with Crippen LogP contribution in [0.3, 0.4) is 0 Å². The Bertz CT molecular complexity index is 367. The van der Waals surface area contributed by atoms with Gasteiger partial charge in [-0.25, -0.2) is 4.98 Å². The molecule has 0 fully saturated rings. The second-order valence-corrected chi connectivity index (χ2v) is 3.12. The van der Waals surface area contributed by atoms with E-state index in [9.17, 15) is 4.79 Å². The van der Waals surface area contributed by atoms with Gasteiger partial charge < -0.3 is 4.90 Å². The normalized spacial score (nSPS) is 9.21. The van der Waals surface area contributed by atoms with E-state index in [1.165, 1.54) is 11.1 Å². The number of terminal acetylenes is 1. The molecule has 0 atom stereocenters. The first-order chi connectivity index (χ1) is 6.65. The van der Waals surface area contributed by atoms with E-state index in [2.05, 4.69) is 10.9 Å². The van der Waals surface area contributed by atoms with Crippen LogP contribution in [0.4, 0.5) is 0 Å². The molecule has 1 heterocycles. The van der Waals surface area contributed by atoms with Crippen LogP contribution in [-0.2, 0) is 0 Å². The maximum atomic E-state index is 11.6. The Morgan fingerprint density at radius 3 is 2.93 bits per heavy atom. The van der Waals surface area contributed by atoms with Gasteiger partial charge in [0.2, 0.25) is 0 Å². The smallest absolute Gasteiger partial charge is 0.255 e. The molecule has 4 heteroatoms. The summed E-state index contributed by atoms with van der Waals surface area (Å²) in [5, 5.41) is 0.362. The third kappa shape index (κ3) is 2.48. The average molecular weight is 209 g/mol. The van der Waals surface area contributed by atoms with E-state index < -0.39 is 0 Å². The molecule has 72 valence electrons. The number of amides is 1. The van der Waals surface area contributed by atoms with E-state index >= 15 is 0 Å². The van der Waals surface area contributed by atoms with E-state index in [0.717, 1.165) is 0 Å². The minimum atomic E-state index is -0.160. The third-order valence-corrected chi connectivity index (χ3v) is 1.87. The first-order valence-corrected chi connectivity index (χ1v) is 4.33. The predicted octanol–water partition coefficient (Wildman–Crippen LogP) is 1.44. The highest BCUT2D eigenvalue weighted by atomic mass is 35.5. The lowest BCUT2D eigenvalue weighted by Gasteiger charge is -2.13. The Balaban J connectivity index is 2.80. The van der Waals surface area contributed by atoms with Gasteiger partial charge in [-0.05, 0) is 12.1 Å². The van der Waals surface area contributed by atoms with Crippen LogP contribution in [0, 0.1) is 12.3 Å². The summed E-state index contributed by atoms with van der Waals surface area (Å²) >= 11 is 5.59. The number of halogens is 1. The van der Waals surface area contributed by atoms with Gasteiger partial charge in [-0.3, -0.25) is 4.79 Å². The van der Waals surface area contributed by atoms with Gasteiger partial charge in [0.05, 0.1) is 12.1 Å². The minimum Gasteiger partial charge on any atom is -0.331 e. The van der Waals surface area contributed by atoms with Crippen molar-refractivity contribution >= 4 is 17.5 Å². The highest BCUT2D eigenvalue weighted by Gasteiger charge is 2.10. The highest BCUT2D eigenvalue weighted by Crippen LogP contribution is 2.06. The van der Waals surface area contributed by atoms with Gasteiger partial charge in [0.1, 0.15) is 5.15 Å². The van der Waals surface area contributed by atoms with Gasteiger partial charge in [0.25, 0.3) is 5.91 Å². The van der Waals surface area contributed by atoms with Crippen LogP contribution < -0.4 is 0 Å². The van der Waals surface area contributed by atoms with Crippen LogP contribution in [0.5, 0.6) is 0 Å². The molecule has 0 aromatic carbocycles. The zero-order valence-corrected chi connectivity index (χ0v) is 8.45. The van der Waals surface area contributed by atoms with Crippen molar-refractivity contribution in [2.75, 3.05) is 13.6 Å². The number of carbonyl (C=O) groups excluding carboxylic acids is 1. The quantitative estimate of drug-likeness (QED) is 0.544. The summed E-state index contributed by atoms with van der Waals surface area (Å²) in [6.07, 6.45) is 6.52. The zero-order chi connectivity index (χ0) is 10.6. The van der Waals surface area contributed by atoms with Crippen LogP contribution >= 0.6 is 11.6 Å². The van der Waals surface area contributed by atoms with Crippen LogP contribution in [0.25, 0.3) is 0 Å². The van der Waals surface area contributed by atoms with E-state index in [-0.39, 0.29) is 12.5 Å². The first kappa shape index (κ1) is 10.6. The lowest BCUT2D eigenvalue weighted by Crippen LogP contribution is -2.26. The molecule has 1 aromatic rings. The van der Waals surface area contributed by atoms with Crippen LogP contribution in [0.1, 0.15) is 10.4 Å². The van der Waals surface area contributed by atoms with Crippen LogP contribution in [-0.4, -0.2) is 29.4 Å². The molecule has 0 N–H and O–H groups in total. The summed E-state index contributed by atoms with van der Waals surface area (Å²) < 4.78 is 0. The van der Waals surface area contributed by atoms with Gasteiger partial charge in [-0.1, -0.05) is 17.5 Å². The summed E-state index contributed by atoms with van der Waals surface area (Å²) in [5.74, 6) is 2.23. The van der Waals surface area contributed by atoms with E-state index in [1.807, 2.05) is 0 Å². The van der Waals surface area contributed by atoms with Gasteiger partial charge >= 0.3 is 0 Å². The Hall–Kier alpha value is -1.53. The molecule has 0 saturated heterocycles. The van der Waals surface area contributed by atoms with Crippen molar-refractivity contribution in [3.05, 3.63) is 29.0 Å². The molecular weight excluding hydrogens is 200 g/mol. The number of rotatable bonds is 2. The zero-order valence-electron chi connectivity index (χ0n) is 7.70. The maximum Gasteiger partial charge on any atom is 0.255 e. The summed E-state index contributed by atoms with van der Waals surface area (Å²) in [6, 6.07) is 3.18. The minimum absolute atomic E-state index is 0.160. The summed E-state index contributed by atoms with van der Waals surface area (Å²) in [5.41, 5.74) is 0.479. The Kier molecular flexibility index (Phi) is 3.49. The molecule has 0 aliphatic carbocycles. The summed E-state index contributed by atoms with van der Waals surface area (Å²) in [7, 11) is 1.64. The van der Waals surface area contributed by atoms with Crippen molar-refractivity contribution in [2.45, 2.75) is 0 Å². The molecule has 0 spiro atoms. The predicted molar refractivity (Wildman–Crippen MR) is 55.0 cm³/mol. The number of hydrogen-bond donors (Lipinski definition) is 0. The first-order valence-electron chi connectivity index (χ1n) is 3.95. The average Bonchev–Trinajstić information content (AvgIpc) is 2.18. The second-order valence-electron chi connectivity index (χ2n) is 2.73. The molecule has 0 aliphatic rings. The SMILES string of the molecule is C#CCN(C)C(=O)c1ccc(Cl)nc1. The van der Waals surface area contributed by atoms with E-state index in [1.54, 1.807) is 19.2 Å². The van der Waals surface area contributed by atoms with Gasteiger partial charge in [-0.15, -0.1) is 6.42 Å². The van der Waals surface area contributed by atoms with E-state index in [4.69, 9.17) is 18.0 Å². The second kappa shape index (κ2) is 4.64. The number of pyridine rings is 1.